The lowest BCUT2D eigenvalue weighted by atomic mass is 10.0. The molecule has 5 heteroatoms. The first-order valence-corrected chi connectivity index (χ1v) is 6.88. The van der Waals surface area contributed by atoms with E-state index in [1.165, 1.54) is 0 Å². The molecule has 2 atom stereocenters. The number of halogens is 1. The van der Waals surface area contributed by atoms with Crippen molar-refractivity contribution in [2.45, 2.75) is 37.9 Å². The Balaban J connectivity index is 1.78. The van der Waals surface area contributed by atoms with Gasteiger partial charge in [-0.2, -0.15) is 0 Å². The number of hydrogen-bond acceptors (Lipinski definition) is 3. The number of primary amides is 1. The first kappa shape index (κ1) is 13.7. The number of amides is 1. The highest BCUT2D eigenvalue weighted by molar-refractivity contribution is 5.80. The summed E-state index contributed by atoms with van der Waals surface area (Å²) in [7, 11) is 0. The first-order valence-electron chi connectivity index (χ1n) is 6.88. The predicted octanol–water partition coefficient (Wildman–Crippen LogP) is 0.574. The standard InChI is InChI=1S/C13H23FN3O/c14-11-4-3-6-16(10-11)8-9-17-7-2-1-5-12(17)13(15)18/h1,11-12H,2-10H2,(H2,15,18). The Morgan fingerprint density at radius 1 is 1.39 bits per heavy atom. The van der Waals surface area contributed by atoms with Gasteiger partial charge < -0.3 is 5.73 Å². The summed E-state index contributed by atoms with van der Waals surface area (Å²) < 4.78 is 13.3. The summed E-state index contributed by atoms with van der Waals surface area (Å²) in [5.74, 6) is -0.243. The molecule has 2 heterocycles. The molecule has 2 N–H and O–H groups in total. The van der Waals surface area contributed by atoms with Crippen LogP contribution in [0.4, 0.5) is 4.39 Å². The number of nitrogens with two attached hydrogens (primary N) is 1. The molecule has 2 saturated heterocycles. The summed E-state index contributed by atoms with van der Waals surface area (Å²) in [6, 6.07) is -0.162. The van der Waals surface area contributed by atoms with Gasteiger partial charge in [-0.15, -0.1) is 0 Å². The Morgan fingerprint density at radius 2 is 2.22 bits per heavy atom. The maximum atomic E-state index is 13.3. The molecule has 0 saturated carbocycles. The molecule has 2 fully saturated rings. The van der Waals surface area contributed by atoms with Crippen molar-refractivity contribution >= 4 is 5.91 Å². The summed E-state index contributed by atoms with van der Waals surface area (Å²) in [4.78, 5) is 15.7. The molecule has 2 aliphatic heterocycles. The molecule has 0 aromatic carbocycles. The maximum absolute atomic E-state index is 13.3. The van der Waals surface area contributed by atoms with E-state index in [0.717, 1.165) is 45.4 Å². The van der Waals surface area contributed by atoms with Crippen LogP contribution in [0, 0.1) is 6.42 Å². The third-order valence-corrected chi connectivity index (χ3v) is 3.93. The Hall–Kier alpha value is -0.680. The van der Waals surface area contributed by atoms with Crippen molar-refractivity contribution in [1.82, 2.24) is 9.80 Å². The van der Waals surface area contributed by atoms with Gasteiger partial charge in [-0.3, -0.25) is 14.6 Å². The van der Waals surface area contributed by atoms with Crippen LogP contribution in [-0.4, -0.2) is 60.6 Å². The fraction of sp³-hybridized carbons (Fsp3) is 0.846. The number of rotatable bonds is 4. The summed E-state index contributed by atoms with van der Waals surface area (Å²) in [6.07, 6.45) is 4.84. The highest BCUT2D eigenvalue weighted by Gasteiger charge is 2.27. The molecule has 1 radical (unpaired) electrons. The smallest absolute Gasteiger partial charge is 0.234 e. The Kier molecular flexibility index (Phi) is 4.95. The van der Waals surface area contributed by atoms with Crippen LogP contribution in [0.5, 0.6) is 0 Å². The van der Waals surface area contributed by atoms with Crippen molar-refractivity contribution in [2.75, 3.05) is 32.7 Å². The normalized spacial score (nSPS) is 31.4. The second kappa shape index (κ2) is 6.48. The summed E-state index contributed by atoms with van der Waals surface area (Å²) in [5, 5.41) is 0. The third kappa shape index (κ3) is 3.65. The van der Waals surface area contributed by atoms with Gasteiger partial charge in [0.2, 0.25) is 5.91 Å². The molecule has 2 aliphatic rings. The van der Waals surface area contributed by atoms with E-state index in [1.807, 2.05) is 0 Å². The highest BCUT2D eigenvalue weighted by atomic mass is 19.1. The van der Waals surface area contributed by atoms with Gasteiger partial charge in [0, 0.05) is 19.6 Å². The van der Waals surface area contributed by atoms with E-state index in [0.29, 0.717) is 13.0 Å². The molecule has 0 aliphatic carbocycles. The number of likely N-dealkylation sites (tertiary alicyclic amines) is 2. The van der Waals surface area contributed by atoms with E-state index >= 15 is 0 Å². The van der Waals surface area contributed by atoms with Gasteiger partial charge in [-0.1, -0.05) is 0 Å². The van der Waals surface area contributed by atoms with E-state index in [4.69, 9.17) is 5.73 Å². The van der Waals surface area contributed by atoms with Crippen molar-refractivity contribution < 1.29 is 9.18 Å². The average Bonchev–Trinajstić information content (AvgIpc) is 2.37. The Labute approximate surface area is 108 Å². The minimum atomic E-state index is -0.680. The summed E-state index contributed by atoms with van der Waals surface area (Å²) >= 11 is 0. The van der Waals surface area contributed by atoms with Gasteiger partial charge in [-0.05, 0) is 45.2 Å². The summed E-state index contributed by atoms with van der Waals surface area (Å²) in [6.45, 7) is 4.06. The molecule has 1 amide bonds. The number of alkyl halides is 1. The van der Waals surface area contributed by atoms with Crippen LogP contribution in [-0.2, 0) is 4.79 Å². The zero-order valence-corrected chi connectivity index (χ0v) is 10.9. The average molecular weight is 256 g/mol. The fourth-order valence-corrected chi connectivity index (χ4v) is 2.87. The topological polar surface area (TPSA) is 49.6 Å². The monoisotopic (exact) mass is 256 g/mol. The van der Waals surface area contributed by atoms with Crippen molar-refractivity contribution in [3.05, 3.63) is 6.42 Å². The van der Waals surface area contributed by atoms with E-state index in [1.54, 1.807) is 0 Å². The highest BCUT2D eigenvalue weighted by Crippen LogP contribution is 2.17. The van der Waals surface area contributed by atoms with Gasteiger partial charge in [0.25, 0.3) is 0 Å². The fourth-order valence-electron chi connectivity index (χ4n) is 2.87. The van der Waals surface area contributed by atoms with E-state index < -0.39 is 6.17 Å². The lowest BCUT2D eigenvalue weighted by Gasteiger charge is -2.36. The molecule has 0 aromatic heterocycles. The molecule has 0 spiro atoms. The van der Waals surface area contributed by atoms with E-state index in [2.05, 4.69) is 16.2 Å². The van der Waals surface area contributed by atoms with Gasteiger partial charge in [-0.25, -0.2) is 4.39 Å². The van der Waals surface area contributed by atoms with Crippen LogP contribution in [0.15, 0.2) is 0 Å². The zero-order valence-electron chi connectivity index (χ0n) is 10.9. The number of hydrogen-bond donors (Lipinski definition) is 1. The lowest BCUT2D eigenvalue weighted by Crippen LogP contribution is -2.51. The molecule has 2 unspecified atom stereocenters. The molecule has 18 heavy (non-hydrogen) atoms. The number of nitrogens with zero attached hydrogens (tertiary/aromatic N) is 2. The Bertz CT molecular complexity index is 287. The van der Waals surface area contributed by atoms with Gasteiger partial charge in [0.15, 0.2) is 0 Å². The number of piperidine rings is 2. The quantitative estimate of drug-likeness (QED) is 0.800. The predicted molar refractivity (Wildman–Crippen MR) is 68.7 cm³/mol. The summed E-state index contributed by atoms with van der Waals surface area (Å²) in [5.41, 5.74) is 5.41. The zero-order chi connectivity index (χ0) is 13.0. The third-order valence-electron chi connectivity index (χ3n) is 3.93. The molecule has 4 nitrogen and oxygen atoms in total. The minimum absolute atomic E-state index is 0.162. The van der Waals surface area contributed by atoms with Crippen LogP contribution in [0.3, 0.4) is 0 Å². The maximum Gasteiger partial charge on any atom is 0.234 e. The van der Waals surface area contributed by atoms with E-state index in [9.17, 15) is 9.18 Å². The Morgan fingerprint density at radius 3 is 2.94 bits per heavy atom. The van der Waals surface area contributed by atoms with Crippen molar-refractivity contribution in [3.63, 3.8) is 0 Å². The largest absolute Gasteiger partial charge is 0.368 e. The van der Waals surface area contributed by atoms with Crippen LogP contribution in [0.2, 0.25) is 0 Å². The molecule has 0 aromatic rings. The lowest BCUT2D eigenvalue weighted by molar-refractivity contribution is -0.123. The van der Waals surface area contributed by atoms with Crippen LogP contribution in [0.1, 0.15) is 25.7 Å². The minimum Gasteiger partial charge on any atom is -0.368 e. The molecular formula is C13H23FN3O. The second-order valence-electron chi connectivity index (χ2n) is 5.31. The van der Waals surface area contributed by atoms with Gasteiger partial charge >= 0.3 is 0 Å². The second-order valence-corrected chi connectivity index (χ2v) is 5.31. The number of carbonyl (C=O) groups excluding carboxylic acids is 1. The van der Waals surface area contributed by atoms with Crippen molar-refractivity contribution in [3.8, 4) is 0 Å². The van der Waals surface area contributed by atoms with Crippen molar-refractivity contribution in [2.24, 2.45) is 5.73 Å². The van der Waals surface area contributed by atoms with Crippen LogP contribution < -0.4 is 5.73 Å². The van der Waals surface area contributed by atoms with Gasteiger partial charge in [0.05, 0.1) is 6.04 Å². The van der Waals surface area contributed by atoms with E-state index in [-0.39, 0.29) is 11.9 Å². The molecular weight excluding hydrogens is 233 g/mol. The van der Waals surface area contributed by atoms with Crippen molar-refractivity contribution in [1.29, 1.82) is 0 Å². The molecule has 0 bridgehead atoms. The number of carbonyl (C=O) groups is 1. The van der Waals surface area contributed by atoms with Crippen LogP contribution in [0.25, 0.3) is 0 Å². The first-order chi connectivity index (χ1) is 8.66. The van der Waals surface area contributed by atoms with Crippen LogP contribution >= 0.6 is 0 Å². The molecule has 103 valence electrons. The molecule has 2 rings (SSSR count). The van der Waals surface area contributed by atoms with Gasteiger partial charge in [0.1, 0.15) is 6.17 Å². The SMILES string of the molecule is NC(=O)C1C[CH]CCN1CCN1CCCC(F)C1.